The zero-order valence-electron chi connectivity index (χ0n) is 14.4. The molecule has 0 heterocycles. The molecule has 0 aromatic heterocycles. The third-order valence-corrected chi connectivity index (χ3v) is 4.97. The molecule has 0 bridgehead atoms. The minimum absolute atomic E-state index is 0.171. The quantitative estimate of drug-likeness (QED) is 0.735. The van der Waals surface area contributed by atoms with Crippen LogP contribution in [0.2, 0.25) is 0 Å². The van der Waals surface area contributed by atoms with E-state index in [0.717, 1.165) is 5.56 Å². The molecule has 1 amide bonds. The average Bonchev–Trinajstić information content (AvgIpc) is 2.55. The van der Waals surface area contributed by atoms with Crippen molar-refractivity contribution in [2.24, 2.45) is 0 Å². The van der Waals surface area contributed by atoms with E-state index in [1.54, 1.807) is 26.0 Å². The van der Waals surface area contributed by atoms with E-state index in [0.29, 0.717) is 11.3 Å². The van der Waals surface area contributed by atoms with E-state index in [1.807, 2.05) is 6.92 Å². The second kappa shape index (κ2) is 7.25. The van der Waals surface area contributed by atoms with Crippen LogP contribution in [0.25, 0.3) is 0 Å². The van der Waals surface area contributed by atoms with Gasteiger partial charge in [0.25, 0.3) is 15.9 Å². The van der Waals surface area contributed by atoms with Gasteiger partial charge in [0.2, 0.25) is 0 Å². The predicted octanol–water partition coefficient (Wildman–Crippen LogP) is 2.30. The van der Waals surface area contributed by atoms with Crippen LogP contribution in [0.3, 0.4) is 0 Å². The van der Waals surface area contributed by atoms with E-state index in [2.05, 4.69) is 10.0 Å². The van der Waals surface area contributed by atoms with E-state index in [-0.39, 0.29) is 17.4 Å². The predicted molar refractivity (Wildman–Crippen MR) is 97.1 cm³/mol. The van der Waals surface area contributed by atoms with Gasteiger partial charge in [0.15, 0.2) is 0 Å². The number of anilines is 1. The fourth-order valence-electron chi connectivity index (χ4n) is 2.04. The van der Waals surface area contributed by atoms with Gasteiger partial charge in [0.05, 0.1) is 17.0 Å². The molecule has 2 aromatic carbocycles. The Hall–Kier alpha value is -2.38. The highest BCUT2D eigenvalue weighted by molar-refractivity contribution is 7.92. The molecule has 0 spiro atoms. The highest BCUT2D eigenvalue weighted by Gasteiger charge is 2.20. The standard InChI is InChI=1S/C18H22N2O4S/c1-13-4-10-16(11-5-13)25(23,24)20-15-8-6-14(7-9-15)17(22)19-18(2,3)12-21/h4-11,20-21H,12H2,1-3H3,(H,19,22). The Morgan fingerprint density at radius 3 is 2.12 bits per heavy atom. The van der Waals surface area contributed by atoms with Crippen molar-refractivity contribution < 1.29 is 18.3 Å². The number of nitrogens with one attached hydrogen (secondary N) is 2. The lowest BCUT2D eigenvalue weighted by Gasteiger charge is -2.23. The van der Waals surface area contributed by atoms with Gasteiger partial charge in [0, 0.05) is 11.3 Å². The Bertz CT molecular complexity index is 842. The van der Waals surface area contributed by atoms with Crippen LogP contribution in [-0.4, -0.2) is 31.6 Å². The van der Waals surface area contributed by atoms with Gasteiger partial charge in [0.1, 0.15) is 0 Å². The zero-order valence-corrected chi connectivity index (χ0v) is 15.2. The smallest absolute Gasteiger partial charge is 0.261 e. The van der Waals surface area contributed by atoms with Crippen molar-refractivity contribution in [3.05, 3.63) is 59.7 Å². The van der Waals surface area contributed by atoms with Crippen LogP contribution in [0.15, 0.2) is 53.4 Å². The fraction of sp³-hybridized carbons (Fsp3) is 0.278. The molecule has 7 heteroatoms. The van der Waals surface area contributed by atoms with Crippen LogP contribution < -0.4 is 10.0 Å². The first-order valence-electron chi connectivity index (χ1n) is 7.76. The second-order valence-electron chi connectivity index (χ2n) is 6.49. The molecule has 25 heavy (non-hydrogen) atoms. The maximum Gasteiger partial charge on any atom is 0.261 e. The Morgan fingerprint density at radius 2 is 1.60 bits per heavy atom. The lowest BCUT2D eigenvalue weighted by Crippen LogP contribution is -2.46. The van der Waals surface area contributed by atoms with Crippen molar-refractivity contribution in [1.29, 1.82) is 0 Å². The SMILES string of the molecule is Cc1ccc(S(=O)(=O)Nc2ccc(C(=O)NC(C)(C)CO)cc2)cc1. The minimum atomic E-state index is -3.68. The summed E-state index contributed by atoms with van der Waals surface area (Å²) in [6.45, 7) is 5.10. The first-order valence-corrected chi connectivity index (χ1v) is 9.24. The summed E-state index contributed by atoms with van der Waals surface area (Å²) in [7, 11) is -3.68. The molecule has 0 aliphatic carbocycles. The maximum atomic E-state index is 12.3. The summed E-state index contributed by atoms with van der Waals surface area (Å²) in [4.78, 5) is 12.3. The monoisotopic (exact) mass is 362 g/mol. The number of carbonyl (C=O) groups excluding carboxylic acids is 1. The lowest BCUT2D eigenvalue weighted by atomic mass is 10.1. The number of hydrogen-bond donors (Lipinski definition) is 3. The molecule has 0 fully saturated rings. The fourth-order valence-corrected chi connectivity index (χ4v) is 3.10. The molecule has 3 N–H and O–H groups in total. The van der Waals surface area contributed by atoms with E-state index >= 15 is 0 Å². The van der Waals surface area contributed by atoms with Gasteiger partial charge in [-0.3, -0.25) is 9.52 Å². The number of amides is 1. The van der Waals surface area contributed by atoms with E-state index in [1.165, 1.54) is 36.4 Å². The van der Waals surface area contributed by atoms with Gasteiger partial charge in [-0.05, 0) is 57.2 Å². The lowest BCUT2D eigenvalue weighted by molar-refractivity contribution is 0.0869. The van der Waals surface area contributed by atoms with Gasteiger partial charge in [-0.2, -0.15) is 0 Å². The number of aliphatic hydroxyl groups excluding tert-OH is 1. The Morgan fingerprint density at radius 1 is 1.04 bits per heavy atom. The number of carbonyl (C=O) groups is 1. The van der Waals surface area contributed by atoms with E-state index < -0.39 is 15.6 Å². The second-order valence-corrected chi connectivity index (χ2v) is 8.17. The summed E-state index contributed by atoms with van der Waals surface area (Å²) in [6.07, 6.45) is 0. The van der Waals surface area contributed by atoms with Crippen LogP contribution >= 0.6 is 0 Å². The van der Waals surface area contributed by atoms with E-state index in [4.69, 9.17) is 0 Å². The first kappa shape index (κ1) is 19.0. The molecule has 0 atom stereocenters. The average molecular weight is 362 g/mol. The van der Waals surface area contributed by atoms with E-state index in [9.17, 15) is 18.3 Å². The highest BCUT2D eigenvalue weighted by atomic mass is 32.2. The molecular formula is C18H22N2O4S. The van der Waals surface area contributed by atoms with Crippen molar-refractivity contribution in [3.8, 4) is 0 Å². The third kappa shape index (κ3) is 5.04. The van der Waals surface area contributed by atoms with Crippen molar-refractivity contribution >= 4 is 21.6 Å². The molecule has 2 aromatic rings. The number of rotatable bonds is 6. The molecule has 0 aliphatic rings. The van der Waals surface area contributed by atoms with Gasteiger partial charge in [-0.15, -0.1) is 0 Å². The molecule has 2 rings (SSSR count). The molecule has 0 unspecified atom stereocenters. The van der Waals surface area contributed by atoms with Crippen molar-refractivity contribution in [2.45, 2.75) is 31.2 Å². The Kier molecular flexibility index (Phi) is 5.49. The number of sulfonamides is 1. The van der Waals surface area contributed by atoms with Crippen LogP contribution in [0, 0.1) is 6.92 Å². The maximum absolute atomic E-state index is 12.3. The van der Waals surface area contributed by atoms with Crippen LogP contribution in [-0.2, 0) is 10.0 Å². The molecular weight excluding hydrogens is 340 g/mol. The minimum Gasteiger partial charge on any atom is -0.394 e. The number of hydrogen-bond acceptors (Lipinski definition) is 4. The summed E-state index contributed by atoms with van der Waals surface area (Å²) in [5.41, 5.74) is 0.974. The Balaban J connectivity index is 2.12. The van der Waals surface area contributed by atoms with Crippen molar-refractivity contribution in [3.63, 3.8) is 0 Å². The zero-order chi connectivity index (χ0) is 18.7. The molecule has 134 valence electrons. The topological polar surface area (TPSA) is 95.5 Å². The van der Waals surface area contributed by atoms with Gasteiger partial charge in [-0.1, -0.05) is 17.7 Å². The molecule has 0 saturated heterocycles. The summed E-state index contributed by atoms with van der Waals surface area (Å²) in [5, 5.41) is 11.9. The van der Waals surface area contributed by atoms with Crippen LogP contribution in [0.4, 0.5) is 5.69 Å². The van der Waals surface area contributed by atoms with Crippen LogP contribution in [0.5, 0.6) is 0 Å². The largest absolute Gasteiger partial charge is 0.394 e. The van der Waals surface area contributed by atoms with Crippen molar-refractivity contribution in [2.75, 3.05) is 11.3 Å². The third-order valence-electron chi connectivity index (χ3n) is 3.58. The van der Waals surface area contributed by atoms with Gasteiger partial charge < -0.3 is 10.4 Å². The summed E-state index contributed by atoms with van der Waals surface area (Å²) >= 11 is 0. The first-order chi connectivity index (χ1) is 11.6. The number of aliphatic hydroxyl groups is 1. The normalized spacial score (nSPS) is 11.8. The molecule has 0 aliphatic heterocycles. The van der Waals surface area contributed by atoms with Crippen LogP contribution in [0.1, 0.15) is 29.8 Å². The van der Waals surface area contributed by atoms with Gasteiger partial charge >= 0.3 is 0 Å². The number of benzene rings is 2. The summed E-state index contributed by atoms with van der Waals surface area (Å²) in [5.74, 6) is -0.341. The van der Waals surface area contributed by atoms with Crippen molar-refractivity contribution in [1.82, 2.24) is 5.32 Å². The summed E-state index contributed by atoms with van der Waals surface area (Å²) in [6, 6.07) is 12.6. The molecule has 0 radical (unpaired) electrons. The highest BCUT2D eigenvalue weighted by Crippen LogP contribution is 2.17. The Labute approximate surface area is 147 Å². The number of aryl methyl sites for hydroxylation is 1. The molecule has 0 saturated carbocycles. The van der Waals surface area contributed by atoms with Gasteiger partial charge in [-0.25, -0.2) is 8.42 Å². The summed E-state index contributed by atoms with van der Waals surface area (Å²) < 4.78 is 27.2. The molecule has 6 nitrogen and oxygen atoms in total.